The smallest absolute Gasteiger partial charge is 0.318 e. The number of sulfone groups is 1. The van der Waals surface area contributed by atoms with Gasteiger partial charge < -0.3 is 14.5 Å². The van der Waals surface area contributed by atoms with Gasteiger partial charge in [0.2, 0.25) is 0 Å². The van der Waals surface area contributed by atoms with E-state index in [1.54, 1.807) is 13.0 Å². The van der Waals surface area contributed by atoms with E-state index in [1.807, 2.05) is 24.1 Å². The second-order valence-corrected chi connectivity index (χ2v) is 14.3. The predicted molar refractivity (Wildman–Crippen MR) is 168 cm³/mol. The van der Waals surface area contributed by atoms with Crippen LogP contribution in [0.1, 0.15) is 45.4 Å². The Kier molecular flexibility index (Phi) is 8.51. The molecule has 0 radical (unpaired) electrons. The van der Waals surface area contributed by atoms with E-state index in [0.29, 0.717) is 31.7 Å². The van der Waals surface area contributed by atoms with Gasteiger partial charge in [-0.3, -0.25) is 4.90 Å². The molecule has 1 fully saturated rings. The zero-order chi connectivity index (χ0) is 29.4. The van der Waals surface area contributed by atoms with Crippen LogP contribution < -0.4 is 14.5 Å². The van der Waals surface area contributed by atoms with Gasteiger partial charge in [-0.25, -0.2) is 8.42 Å². The Bertz CT molecular complexity index is 1550. The highest BCUT2D eigenvalue weighted by molar-refractivity contribution is 7.94. The highest BCUT2D eigenvalue weighted by atomic mass is 35.5. The summed E-state index contributed by atoms with van der Waals surface area (Å²) in [7, 11) is -1.41. The van der Waals surface area contributed by atoms with Gasteiger partial charge in [-0.1, -0.05) is 41.9 Å². The first kappa shape index (κ1) is 29.6. The molecule has 0 amide bonds. The Hall–Kier alpha value is -2.88. The van der Waals surface area contributed by atoms with Crippen LogP contribution in [0.2, 0.25) is 5.02 Å². The largest absolute Gasteiger partial charge is 0.462 e. The summed E-state index contributed by atoms with van der Waals surface area (Å²) in [6, 6.07) is 12.9. The lowest BCUT2D eigenvalue weighted by atomic mass is 9.94. The number of hydrogen-bond acceptors (Lipinski definition) is 8. The molecule has 5 rings (SSSR count). The van der Waals surface area contributed by atoms with Crippen LogP contribution in [0.5, 0.6) is 6.01 Å². The van der Waals surface area contributed by atoms with Crippen molar-refractivity contribution in [1.82, 2.24) is 14.9 Å². The second kappa shape index (κ2) is 11.8. The highest BCUT2D eigenvalue weighted by Crippen LogP contribution is 2.37. The number of halogens is 1. The zero-order valence-corrected chi connectivity index (χ0v) is 26.2. The van der Waals surface area contributed by atoms with E-state index in [1.165, 1.54) is 5.41 Å². The number of likely N-dealkylation sites (tertiary alicyclic amines) is 1. The van der Waals surface area contributed by atoms with E-state index < -0.39 is 9.84 Å². The van der Waals surface area contributed by atoms with Crippen LogP contribution in [-0.4, -0.2) is 73.9 Å². The van der Waals surface area contributed by atoms with Gasteiger partial charge in [-0.2, -0.15) is 9.97 Å². The third-order valence-electron chi connectivity index (χ3n) is 8.02. The number of hydrogen-bond donors (Lipinski definition) is 0. The van der Waals surface area contributed by atoms with Crippen LogP contribution >= 0.6 is 11.6 Å². The molecule has 3 aromatic rings. The van der Waals surface area contributed by atoms with Crippen molar-refractivity contribution in [2.75, 3.05) is 48.8 Å². The summed E-state index contributed by atoms with van der Waals surface area (Å²) in [5, 5.41) is 4.11. The highest BCUT2D eigenvalue weighted by Gasteiger charge is 2.36. The van der Waals surface area contributed by atoms with Crippen LogP contribution in [0.25, 0.3) is 10.8 Å². The van der Waals surface area contributed by atoms with Gasteiger partial charge in [-0.05, 0) is 58.1 Å². The van der Waals surface area contributed by atoms with E-state index in [4.69, 9.17) is 26.3 Å². The van der Waals surface area contributed by atoms with E-state index >= 15 is 0 Å². The molecule has 3 heterocycles. The number of allylic oxidation sites excluding steroid dienone is 1. The van der Waals surface area contributed by atoms with Gasteiger partial charge >= 0.3 is 6.01 Å². The summed E-state index contributed by atoms with van der Waals surface area (Å²) in [5.74, 6) is 0.740. The number of anilines is 2. The SMILES string of the molecule is C/C=C/S(=O)(=O)CCN(C)c1nc(OCC2CCN2C(C)(C)C)nc2c1CCN(c1cccc3cccc(Cl)c13)C2. The average Bonchev–Trinajstić information content (AvgIpc) is 2.89. The fraction of sp³-hybridized carbons (Fsp3) is 0.484. The van der Waals surface area contributed by atoms with Gasteiger partial charge in [0.1, 0.15) is 12.4 Å². The first-order valence-corrected chi connectivity index (χ1v) is 16.3. The molecule has 1 unspecified atom stereocenters. The van der Waals surface area contributed by atoms with E-state index in [-0.39, 0.29) is 11.3 Å². The molecule has 220 valence electrons. The minimum atomic E-state index is -3.30. The lowest BCUT2D eigenvalue weighted by Gasteiger charge is -2.49. The fourth-order valence-corrected chi connectivity index (χ4v) is 7.19. The van der Waals surface area contributed by atoms with Gasteiger partial charge in [-0.15, -0.1) is 0 Å². The van der Waals surface area contributed by atoms with Gasteiger partial charge in [0.05, 0.1) is 23.0 Å². The molecule has 2 aliphatic heterocycles. The topological polar surface area (TPSA) is 78.9 Å². The molecule has 2 aromatic carbocycles. The van der Waals surface area contributed by atoms with Crippen molar-refractivity contribution < 1.29 is 13.2 Å². The number of rotatable bonds is 9. The molecule has 2 aliphatic rings. The normalized spacial score (nSPS) is 18.0. The molecule has 0 aliphatic carbocycles. The van der Waals surface area contributed by atoms with E-state index in [0.717, 1.165) is 64.5 Å². The molecule has 10 heteroatoms. The Morgan fingerprint density at radius 3 is 2.59 bits per heavy atom. The summed E-state index contributed by atoms with van der Waals surface area (Å²) in [6.07, 6.45) is 3.36. The van der Waals surface area contributed by atoms with E-state index in [2.05, 4.69) is 54.8 Å². The van der Waals surface area contributed by atoms with Crippen molar-refractivity contribution in [1.29, 1.82) is 0 Å². The minimum Gasteiger partial charge on any atom is -0.462 e. The molecule has 0 bridgehead atoms. The Labute approximate surface area is 248 Å². The van der Waals surface area contributed by atoms with Gasteiger partial charge in [0.25, 0.3) is 0 Å². The predicted octanol–water partition coefficient (Wildman–Crippen LogP) is 5.48. The number of fused-ring (bicyclic) bond motifs is 2. The lowest BCUT2D eigenvalue weighted by Crippen LogP contribution is -2.59. The van der Waals surface area contributed by atoms with Crippen LogP contribution in [0, 0.1) is 0 Å². The fourth-order valence-electron chi connectivity index (χ4n) is 5.83. The third kappa shape index (κ3) is 6.47. The van der Waals surface area contributed by atoms with Crippen molar-refractivity contribution >= 4 is 43.7 Å². The molecule has 1 aromatic heterocycles. The van der Waals surface area contributed by atoms with Crippen LogP contribution in [0.4, 0.5) is 11.5 Å². The number of ether oxygens (including phenoxy) is 1. The summed E-state index contributed by atoms with van der Waals surface area (Å²) in [5.41, 5.74) is 3.07. The standard InChI is InChI=1S/C31H40ClN5O3S/c1-6-18-41(38,39)19-17-35(5)29-24-14-15-36(27-12-8-10-22-9-7-11-25(32)28(22)27)20-26(24)33-30(34-29)40-21-23-13-16-37(23)31(2,3)4/h6-12,18,23H,13-17,19-21H2,1-5H3/b18-6+. The lowest BCUT2D eigenvalue weighted by molar-refractivity contribution is -0.0224. The van der Waals surface area contributed by atoms with Crippen molar-refractivity contribution in [2.24, 2.45) is 0 Å². The molecule has 0 saturated carbocycles. The Morgan fingerprint density at radius 1 is 1.15 bits per heavy atom. The monoisotopic (exact) mass is 597 g/mol. The molecular weight excluding hydrogens is 558 g/mol. The quantitative estimate of drug-likeness (QED) is 0.321. The summed E-state index contributed by atoms with van der Waals surface area (Å²) in [4.78, 5) is 16.4. The molecule has 1 saturated heterocycles. The molecule has 0 N–H and O–H groups in total. The minimum absolute atomic E-state index is 0.00600. The van der Waals surface area contributed by atoms with Gasteiger partial charge in [0, 0.05) is 60.3 Å². The van der Waals surface area contributed by atoms with Crippen molar-refractivity contribution in [3.63, 3.8) is 0 Å². The van der Waals surface area contributed by atoms with Crippen LogP contribution in [0.3, 0.4) is 0 Å². The maximum Gasteiger partial charge on any atom is 0.318 e. The zero-order valence-electron chi connectivity index (χ0n) is 24.6. The second-order valence-electron chi connectivity index (χ2n) is 11.9. The molecule has 8 nitrogen and oxygen atoms in total. The number of aromatic nitrogens is 2. The molecule has 1 atom stereocenters. The maximum atomic E-state index is 12.4. The van der Waals surface area contributed by atoms with Gasteiger partial charge in [0.15, 0.2) is 9.84 Å². The summed E-state index contributed by atoms with van der Waals surface area (Å²) >= 11 is 6.66. The average molecular weight is 598 g/mol. The van der Waals surface area contributed by atoms with Crippen LogP contribution in [-0.2, 0) is 22.8 Å². The van der Waals surface area contributed by atoms with Crippen molar-refractivity contribution in [3.05, 3.63) is 64.2 Å². The molecule has 41 heavy (non-hydrogen) atoms. The number of nitrogens with zero attached hydrogens (tertiary/aromatic N) is 5. The summed E-state index contributed by atoms with van der Waals surface area (Å²) in [6.45, 7) is 11.6. The maximum absolute atomic E-state index is 12.4. The Balaban J connectivity index is 1.45. The molecular formula is C31H40ClN5O3S. The van der Waals surface area contributed by atoms with E-state index in [9.17, 15) is 8.42 Å². The first-order valence-electron chi connectivity index (χ1n) is 14.2. The third-order valence-corrected chi connectivity index (χ3v) is 9.78. The number of benzene rings is 2. The van der Waals surface area contributed by atoms with Crippen molar-refractivity contribution in [3.8, 4) is 6.01 Å². The summed E-state index contributed by atoms with van der Waals surface area (Å²) < 4.78 is 31.0. The van der Waals surface area contributed by atoms with Crippen molar-refractivity contribution in [2.45, 2.75) is 58.7 Å². The van der Waals surface area contributed by atoms with Crippen LogP contribution in [0.15, 0.2) is 47.9 Å². The first-order chi connectivity index (χ1) is 19.5. The molecule has 0 spiro atoms. The Morgan fingerprint density at radius 2 is 1.90 bits per heavy atom.